The number of methoxy groups -OCH3 is 4. The van der Waals surface area contributed by atoms with E-state index in [1.54, 1.807) is 12.1 Å². The lowest BCUT2D eigenvalue weighted by Gasteiger charge is -2.17. The monoisotopic (exact) mass is 371 g/mol. The zero-order valence-electron chi connectivity index (χ0n) is 15.6. The van der Waals surface area contributed by atoms with E-state index in [9.17, 15) is 4.79 Å². The Morgan fingerprint density at radius 1 is 0.963 bits per heavy atom. The predicted molar refractivity (Wildman–Crippen MR) is 98.7 cm³/mol. The normalized spacial score (nSPS) is 18.3. The molecule has 2 aromatic carbocycles. The third-order valence-corrected chi connectivity index (χ3v) is 4.26. The fraction of sp³-hybridized carbons (Fsp3) is 0.300. The highest BCUT2D eigenvalue weighted by Crippen LogP contribution is 2.40. The van der Waals surface area contributed by atoms with E-state index in [-0.39, 0.29) is 0 Å². The predicted octanol–water partition coefficient (Wildman–Crippen LogP) is 2.77. The molecule has 0 unspecified atom stereocenters. The van der Waals surface area contributed by atoms with Gasteiger partial charge in [0.25, 0.3) is 0 Å². The molecule has 1 aliphatic heterocycles. The van der Waals surface area contributed by atoms with Crippen LogP contribution in [0.1, 0.15) is 17.2 Å². The third-order valence-electron chi connectivity index (χ3n) is 4.26. The molecule has 7 nitrogen and oxygen atoms in total. The number of hydrogen-bond donors (Lipinski definition) is 0. The maximum Gasteiger partial charge on any atom is 0.335 e. The molecule has 0 bridgehead atoms. The Kier molecular flexibility index (Phi) is 5.49. The molecule has 1 heterocycles. The Hall–Kier alpha value is -3.22. The number of nitrogens with zero attached hydrogens (tertiary/aromatic N) is 1. The van der Waals surface area contributed by atoms with E-state index >= 15 is 0 Å². The van der Waals surface area contributed by atoms with Gasteiger partial charge in [-0.3, -0.25) is 0 Å². The molecule has 142 valence electrons. The molecule has 0 aromatic heterocycles. The third kappa shape index (κ3) is 3.53. The number of ether oxygens (including phenoxy) is 5. The molecule has 27 heavy (non-hydrogen) atoms. The zero-order valence-corrected chi connectivity index (χ0v) is 15.6. The van der Waals surface area contributed by atoms with Crippen molar-refractivity contribution in [2.75, 3.05) is 28.4 Å². The average Bonchev–Trinajstić information content (AvgIpc) is 3.18. The van der Waals surface area contributed by atoms with Crippen LogP contribution in [0.2, 0.25) is 0 Å². The van der Waals surface area contributed by atoms with Gasteiger partial charge in [0.2, 0.25) is 11.6 Å². The summed E-state index contributed by atoms with van der Waals surface area (Å²) in [5.41, 5.74) is 1.44. The van der Waals surface area contributed by atoms with Crippen LogP contribution in [-0.4, -0.2) is 46.3 Å². The molecule has 0 saturated carbocycles. The molecule has 0 N–H and O–H groups in total. The first-order valence-electron chi connectivity index (χ1n) is 8.30. The maximum atomic E-state index is 12.2. The first kappa shape index (κ1) is 18.6. The van der Waals surface area contributed by atoms with Gasteiger partial charge in [0.15, 0.2) is 23.6 Å². The van der Waals surface area contributed by atoms with Crippen LogP contribution in [0.4, 0.5) is 0 Å². The van der Waals surface area contributed by atoms with Crippen molar-refractivity contribution in [1.82, 2.24) is 0 Å². The Morgan fingerprint density at radius 3 is 2.11 bits per heavy atom. The molecule has 0 saturated heterocycles. The molecule has 7 heteroatoms. The SMILES string of the molecule is COC(=O)[C@@H]1N=C(c2cc(OC)c(OC)c(OC)c2)O[C@H]1c1ccccc1. The van der Waals surface area contributed by atoms with E-state index in [1.807, 2.05) is 30.3 Å². The first-order valence-corrected chi connectivity index (χ1v) is 8.30. The van der Waals surface area contributed by atoms with E-state index < -0.39 is 18.1 Å². The second-order valence-electron chi connectivity index (χ2n) is 5.77. The first-order chi connectivity index (χ1) is 13.1. The number of carbonyl (C=O) groups is 1. The minimum absolute atomic E-state index is 0.304. The quantitative estimate of drug-likeness (QED) is 0.727. The van der Waals surface area contributed by atoms with Crippen molar-refractivity contribution in [1.29, 1.82) is 0 Å². The summed E-state index contributed by atoms with van der Waals surface area (Å²) in [6.07, 6.45) is -0.576. The molecule has 0 spiro atoms. The smallest absolute Gasteiger partial charge is 0.335 e. The molecular formula is C20H21NO6. The highest BCUT2D eigenvalue weighted by molar-refractivity contribution is 5.99. The summed E-state index contributed by atoms with van der Waals surface area (Å²) in [6, 6.07) is 12.1. The lowest BCUT2D eigenvalue weighted by Crippen LogP contribution is -2.25. The second-order valence-corrected chi connectivity index (χ2v) is 5.77. The fourth-order valence-electron chi connectivity index (χ4n) is 2.95. The fourth-order valence-corrected chi connectivity index (χ4v) is 2.95. The maximum absolute atomic E-state index is 12.2. The lowest BCUT2D eigenvalue weighted by molar-refractivity contribution is -0.143. The van der Waals surface area contributed by atoms with Crippen molar-refractivity contribution < 1.29 is 28.5 Å². The topological polar surface area (TPSA) is 75.6 Å². The van der Waals surface area contributed by atoms with E-state index in [4.69, 9.17) is 23.7 Å². The highest BCUT2D eigenvalue weighted by atomic mass is 16.5. The van der Waals surface area contributed by atoms with Crippen LogP contribution in [0, 0.1) is 0 Å². The van der Waals surface area contributed by atoms with Gasteiger partial charge >= 0.3 is 5.97 Å². The molecule has 0 fully saturated rings. The molecular weight excluding hydrogens is 350 g/mol. The summed E-state index contributed by atoms with van der Waals surface area (Å²) < 4.78 is 27.0. The number of benzene rings is 2. The van der Waals surface area contributed by atoms with Crippen LogP contribution in [0.15, 0.2) is 47.5 Å². The van der Waals surface area contributed by atoms with Crippen molar-refractivity contribution in [2.24, 2.45) is 4.99 Å². The molecule has 0 radical (unpaired) electrons. The van der Waals surface area contributed by atoms with Gasteiger partial charge < -0.3 is 23.7 Å². The Balaban J connectivity index is 2.03. The number of esters is 1. The van der Waals surface area contributed by atoms with Gasteiger partial charge in [0, 0.05) is 5.56 Å². The molecule has 2 aromatic rings. The lowest BCUT2D eigenvalue weighted by atomic mass is 10.0. The summed E-state index contributed by atoms with van der Waals surface area (Å²) in [5, 5.41) is 0. The summed E-state index contributed by atoms with van der Waals surface area (Å²) in [6.45, 7) is 0. The number of rotatable bonds is 6. The number of hydrogen-bond acceptors (Lipinski definition) is 7. The Bertz CT molecular complexity index is 824. The van der Waals surface area contributed by atoms with Crippen LogP contribution in [-0.2, 0) is 14.3 Å². The van der Waals surface area contributed by atoms with Crippen LogP contribution in [0.5, 0.6) is 17.2 Å². The summed E-state index contributed by atoms with van der Waals surface area (Å²) >= 11 is 0. The largest absolute Gasteiger partial charge is 0.493 e. The van der Waals surface area contributed by atoms with Gasteiger partial charge in [-0.25, -0.2) is 9.79 Å². The van der Waals surface area contributed by atoms with Crippen LogP contribution in [0.25, 0.3) is 0 Å². The van der Waals surface area contributed by atoms with Crippen LogP contribution < -0.4 is 14.2 Å². The average molecular weight is 371 g/mol. The summed E-state index contributed by atoms with van der Waals surface area (Å²) in [4.78, 5) is 16.7. The molecule has 0 amide bonds. The molecule has 3 rings (SSSR count). The zero-order chi connectivity index (χ0) is 19.4. The summed E-state index contributed by atoms with van der Waals surface area (Å²) in [7, 11) is 5.92. The molecule has 2 atom stereocenters. The molecule has 0 aliphatic carbocycles. The van der Waals surface area contributed by atoms with E-state index in [0.717, 1.165) is 5.56 Å². The van der Waals surface area contributed by atoms with Gasteiger partial charge in [-0.2, -0.15) is 0 Å². The van der Waals surface area contributed by atoms with Gasteiger partial charge in [0.1, 0.15) is 0 Å². The van der Waals surface area contributed by atoms with Crippen LogP contribution in [0.3, 0.4) is 0 Å². The van der Waals surface area contributed by atoms with E-state index in [1.165, 1.54) is 28.4 Å². The van der Waals surface area contributed by atoms with Gasteiger partial charge in [-0.15, -0.1) is 0 Å². The number of aliphatic imine (C=N–C) groups is 1. The minimum atomic E-state index is -0.800. The van der Waals surface area contributed by atoms with Crippen molar-refractivity contribution in [2.45, 2.75) is 12.1 Å². The van der Waals surface area contributed by atoms with Crippen molar-refractivity contribution in [3.63, 3.8) is 0 Å². The van der Waals surface area contributed by atoms with Crippen molar-refractivity contribution in [3.05, 3.63) is 53.6 Å². The van der Waals surface area contributed by atoms with Gasteiger partial charge in [-0.1, -0.05) is 30.3 Å². The van der Waals surface area contributed by atoms with Gasteiger partial charge in [-0.05, 0) is 17.7 Å². The Morgan fingerprint density at radius 2 is 1.59 bits per heavy atom. The highest BCUT2D eigenvalue weighted by Gasteiger charge is 2.39. The Labute approximate surface area is 157 Å². The van der Waals surface area contributed by atoms with Crippen LogP contribution >= 0.6 is 0 Å². The number of carbonyl (C=O) groups excluding carboxylic acids is 1. The molecule has 1 aliphatic rings. The summed E-state index contributed by atoms with van der Waals surface area (Å²) in [5.74, 6) is 1.24. The standard InChI is InChI=1S/C20H21NO6/c1-23-14-10-13(11-15(24-2)18(14)25-3)19-21-16(20(22)26-4)17(27-19)12-8-6-5-7-9-12/h5-11,16-17H,1-4H3/t16-,17+/m1/s1. The van der Waals surface area contributed by atoms with E-state index in [2.05, 4.69) is 4.99 Å². The van der Waals surface area contributed by atoms with E-state index in [0.29, 0.717) is 28.7 Å². The second kappa shape index (κ2) is 7.99. The van der Waals surface area contributed by atoms with Crippen molar-refractivity contribution in [3.8, 4) is 17.2 Å². The van der Waals surface area contributed by atoms with Crippen molar-refractivity contribution >= 4 is 11.9 Å². The minimum Gasteiger partial charge on any atom is -0.493 e. The van der Waals surface area contributed by atoms with Gasteiger partial charge in [0.05, 0.1) is 28.4 Å².